The maximum Gasteiger partial charge on any atom is 0.335 e. The summed E-state index contributed by atoms with van der Waals surface area (Å²) >= 11 is 1.85. The molecule has 2 heterocycles. The van der Waals surface area contributed by atoms with Gasteiger partial charge in [-0.05, 0) is 54.4 Å². The molecule has 0 radical (unpaired) electrons. The van der Waals surface area contributed by atoms with Crippen LogP contribution >= 0.6 is 11.3 Å². The molecule has 0 unspecified atom stereocenters. The standard InChI is InChI=1S/C23H24N2O2S/c1-17-6-11-22(28-17)21-5-3-2-4-19(21)16-24-12-14-25(15-13-24)20-9-7-18(8-10-20)23(26)27/h2-11H,12-16H2,1H3,(H,26,27). The molecule has 3 aromatic rings. The summed E-state index contributed by atoms with van der Waals surface area (Å²) in [5.74, 6) is -0.879. The largest absolute Gasteiger partial charge is 0.478 e. The molecule has 0 amide bonds. The molecule has 1 N–H and O–H groups in total. The molecular weight excluding hydrogens is 368 g/mol. The lowest BCUT2D eigenvalue weighted by Crippen LogP contribution is -2.46. The van der Waals surface area contributed by atoms with Gasteiger partial charge in [0.05, 0.1) is 5.56 Å². The zero-order valence-electron chi connectivity index (χ0n) is 16.0. The van der Waals surface area contributed by atoms with Crippen molar-refractivity contribution in [1.82, 2.24) is 4.90 Å². The Hall–Kier alpha value is -2.63. The first kappa shape index (κ1) is 18.7. The summed E-state index contributed by atoms with van der Waals surface area (Å²) in [6, 6.07) is 20.3. The number of nitrogens with zero attached hydrogens (tertiary/aromatic N) is 2. The number of anilines is 1. The van der Waals surface area contributed by atoms with Gasteiger partial charge in [0.15, 0.2) is 0 Å². The van der Waals surface area contributed by atoms with Crippen LogP contribution in [-0.2, 0) is 6.54 Å². The molecule has 4 rings (SSSR count). The number of rotatable bonds is 5. The number of carbonyl (C=O) groups is 1. The minimum absolute atomic E-state index is 0.336. The number of carboxylic acid groups (broad SMARTS) is 1. The Morgan fingerprint density at radius 2 is 1.68 bits per heavy atom. The van der Waals surface area contributed by atoms with Gasteiger partial charge < -0.3 is 10.0 Å². The van der Waals surface area contributed by atoms with Crippen LogP contribution < -0.4 is 4.90 Å². The van der Waals surface area contributed by atoms with Gasteiger partial charge in [-0.2, -0.15) is 0 Å². The van der Waals surface area contributed by atoms with Crippen LogP contribution in [0.25, 0.3) is 10.4 Å². The first-order valence-electron chi connectivity index (χ1n) is 9.55. The molecular formula is C23H24N2O2S. The third kappa shape index (κ3) is 4.11. The molecule has 1 aliphatic rings. The second kappa shape index (κ2) is 8.17. The van der Waals surface area contributed by atoms with Gasteiger partial charge in [0.1, 0.15) is 0 Å². The van der Waals surface area contributed by atoms with E-state index in [0.29, 0.717) is 5.56 Å². The molecule has 144 valence electrons. The van der Waals surface area contributed by atoms with Gasteiger partial charge in [0.25, 0.3) is 0 Å². The summed E-state index contributed by atoms with van der Waals surface area (Å²) in [6.07, 6.45) is 0. The summed E-state index contributed by atoms with van der Waals surface area (Å²) in [6.45, 7) is 7.01. The number of hydrogen-bond acceptors (Lipinski definition) is 4. The molecule has 1 fully saturated rings. The van der Waals surface area contributed by atoms with Gasteiger partial charge in [-0.25, -0.2) is 4.79 Å². The second-order valence-corrected chi connectivity index (χ2v) is 8.47. The molecule has 4 nitrogen and oxygen atoms in total. The first-order chi connectivity index (χ1) is 13.6. The van der Waals surface area contributed by atoms with E-state index in [-0.39, 0.29) is 0 Å². The van der Waals surface area contributed by atoms with Crippen molar-refractivity contribution in [2.24, 2.45) is 0 Å². The van der Waals surface area contributed by atoms with E-state index in [1.165, 1.54) is 20.9 Å². The van der Waals surface area contributed by atoms with Crippen molar-refractivity contribution in [3.05, 3.63) is 76.7 Å². The number of aromatic carboxylic acids is 1. The number of carboxylic acids is 1. The minimum Gasteiger partial charge on any atom is -0.478 e. The van der Waals surface area contributed by atoms with Crippen LogP contribution in [0.2, 0.25) is 0 Å². The van der Waals surface area contributed by atoms with Crippen LogP contribution in [0, 0.1) is 6.92 Å². The fourth-order valence-electron chi connectivity index (χ4n) is 3.70. The average Bonchev–Trinajstić information content (AvgIpc) is 3.15. The molecule has 0 spiro atoms. The Balaban J connectivity index is 1.41. The molecule has 28 heavy (non-hydrogen) atoms. The zero-order valence-corrected chi connectivity index (χ0v) is 16.8. The second-order valence-electron chi connectivity index (χ2n) is 7.18. The summed E-state index contributed by atoms with van der Waals surface area (Å²) in [5.41, 5.74) is 4.15. The Morgan fingerprint density at radius 1 is 0.964 bits per heavy atom. The highest BCUT2D eigenvalue weighted by Crippen LogP contribution is 2.31. The van der Waals surface area contributed by atoms with Crippen molar-refractivity contribution in [3.63, 3.8) is 0 Å². The van der Waals surface area contributed by atoms with Gasteiger partial charge in [-0.1, -0.05) is 24.3 Å². The van der Waals surface area contributed by atoms with Gasteiger partial charge in [-0.3, -0.25) is 4.90 Å². The molecule has 1 aromatic heterocycles. The van der Waals surface area contributed by atoms with Gasteiger partial charge in [0.2, 0.25) is 0 Å². The monoisotopic (exact) mass is 392 g/mol. The van der Waals surface area contributed by atoms with E-state index < -0.39 is 5.97 Å². The Bertz CT molecular complexity index is 957. The van der Waals surface area contributed by atoms with E-state index in [0.717, 1.165) is 38.4 Å². The Morgan fingerprint density at radius 3 is 2.32 bits per heavy atom. The van der Waals surface area contributed by atoms with E-state index in [4.69, 9.17) is 5.11 Å². The predicted octanol–water partition coefficient (Wildman–Crippen LogP) is 4.74. The van der Waals surface area contributed by atoms with Crippen molar-refractivity contribution in [1.29, 1.82) is 0 Å². The highest BCUT2D eigenvalue weighted by atomic mass is 32.1. The van der Waals surface area contributed by atoms with Crippen molar-refractivity contribution in [2.45, 2.75) is 13.5 Å². The molecule has 0 saturated carbocycles. The van der Waals surface area contributed by atoms with Gasteiger partial charge >= 0.3 is 5.97 Å². The Labute approximate surface area is 169 Å². The number of piperazine rings is 1. The minimum atomic E-state index is -0.879. The maximum atomic E-state index is 11.0. The average molecular weight is 393 g/mol. The molecule has 0 aliphatic carbocycles. The van der Waals surface area contributed by atoms with E-state index in [1.54, 1.807) is 12.1 Å². The molecule has 2 aromatic carbocycles. The predicted molar refractivity (Wildman–Crippen MR) is 115 cm³/mol. The molecule has 1 aliphatic heterocycles. The number of hydrogen-bond donors (Lipinski definition) is 1. The topological polar surface area (TPSA) is 43.8 Å². The van der Waals surface area contributed by atoms with Crippen LogP contribution in [0.5, 0.6) is 0 Å². The van der Waals surface area contributed by atoms with Gasteiger partial charge in [0, 0.05) is 48.2 Å². The first-order valence-corrected chi connectivity index (χ1v) is 10.4. The fourth-order valence-corrected chi connectivity index (χ4v) is 4.63. The van der Waals surface area contributed by atoms with Crippen LogP contribution in [0.3, 0.4) is 0 Å². The molecule has 5 heteroatoms. The summed E-state index contributed by atoms with van der Waals surface area (Å²) in [5, 5.41) is 9.05. The van der Waals surface area contributed by atoms with Crippen LogP contribution in [0.4, 0.5) is 5.69 Å². The summed E-state index contributed by atoms with van der Waals surface area (Å²) in [4.78, 5) is 18.5. The van der Waals surface area contributed by atoms with Crippen molar-refractivity contribution in [2.75, 3.05) is 31.1 Å². The lowest BCUT2D eigenvalue weighted by Gasteiger charge is -2.36. The highest BCUT2D eigenvalue weighted by Gasteiger charge is 2.19. The highest BCUT2D eigenvalue weighted by molar-refractivity contribution is 7.15. The third-order valence-electron chi connectivity index (χ3n) is 5.27. The molecule has 0 atom stereocenters. The lowest BCUT2D eigenvalue weighted by atomic mass is 10.1. The normalized spacial score (nSPS) is 15.0. The van der Waals surface area contributed by atoms with Crippen LogP contribution in [0.1, 0.15) is 20.8 Å². The van der Waals surface area contributed by atoms with Crippen LogP contribution in [-0.4, -0.2) is 42.2 Å². The smallest absolute Gasteiger partial charge is 0.335 e. The SMILES string of the molecule is Cc1ccc(-c2ccccc2CN2CCN(c3ccc(C(=O)O)cc3)CC2)s1. The summed E-state index contributed by atoms with van der Waals surface area (Å²) in [7, 11) is 0. The number of thiophene rings is 1. The Kier molecular flexibility index (Phi) is 5.46. The van der Waals surface area contributed by atoms with Crippen molar-refractivity contribution in [3.8, 4) is 10.4 Å². The van der Waals surface area contributed by atoms with Crippen molar-refractivity contribution < 1.29 is 9.90 Å². The third-order valence-corrected chi connectivity index (χ3v) is 6.30. The van der Waals surface area contributed by atoms with Crippen LogP contribution in [0.15, 0.2) is 60.7 Å². The van der Waals surface area contributed by atoms with E-state index >= 15 is 0 Å². The van der Waals surface area contributed by atoms with E-state index in [2.05, 4.69) is 53.1 Å². The fraction of sp³-hybridized carbons (Fsp3) is 0.261. The summed E-state index contributed by atoms with van der Waals surface area (Å²) < 4.78 is 0. The molecule has 1 saturated heterocycles. The van der Waals surface area contributed by atoms with E-state index in [9.17, 15) is 4.79 Å². The zero-order chi connectivity index (χ0) is 19.5. The quantitative estimate of drug-likeness (QED) is 0.681. The lowest BCUT2D eigenvalue weighted by molar-refractivity contribution is 0.0697. The maximum absolute atomic E-state index is 11.0. The number of aryl methyl sites for hydroxylation is 1. The van der Waals surface area contributed by atoms with E-state index in [1.807, 2.05) is 23.5 Å². The van der Waals surface area contributed by atoms with Gasteiger partial charge in [-0.15, -0.1) is 11.3 Å². The number of benzene rings is 2. The van der Waals surface area contributed by atoms with Crippen molar-refractivity contribution >= 4 is 23.0 Å². The molecule has 0 bridgehead atoms.